The maximum absolute atomic E-state index is 12.1. The number of aliphatic hydroxyl groups excluding tert-OH is 1. The van der Waals surface area contributed by atoms with Crippen molar-refractivity contribution in [1.29, 1.82) is 0 Å². The quantitative estimate of drug-likeness (QED) is 0.544. The van der Waals surface area contributed by atoms with Crippen molar-refractivity contribution in [2.45, 2.75) is 64.9 Å². The summed E-state index contributed by atoms with van der Waals surface area (Å²) in [6.07, 6.45) is 3.50. The lowest BCUT2D eigenvalue weighted by molar-refractivity contribution is -0.140. The Labute approximate surface area is 220 Å². The van der Waals surface area contributed by atoms with Crippen LogP contribution in [0.15, 0.2) is 51.1 Å². The number of amidine groups is 2. The molecule has 7 nitrogen and oxygen atoms in total. The molecule has 1 amide bonds. The molecule has 0 unspecified atom stereocenters. The number of rotatable bonds is 8. The van der Waals surface area contributed by atoms with Crippen molar-refractivity contribution in [3.63, 3.8) is 0 Å². The molecule has 2 heterocycles. The van der Waals surface area contributed by atoms with Crippen LogP contribution in [0.1, 0.15) is 52.5 Å². The summed E-state index contributed by atoms with van der Waals surface area (Å²) < 4.78 is 5.78. The predicted octanol–water partition coefficient (Wildman–Crippen LogP) is 3.26. The average Bonchev–Trinajstić information content (AvgIpc) is 3.18. The summed E-state index contributed by atoms with van der Waals surface area (Å²) in [5.41, 5.74) is 4.27. The summed E-state index contributed by atoms with van der Waals surface area (Å²) in [4.78, 5) is 26.9. The molecule has 0 spiro atoms. The number of ether oxygens (including phenoxy) is 1. The third-order valence-corrected chi connectivity index (χ3v) is 7.77. The summed E-state index contributed by atoms with van der Waals surface area (Å²) in [5, 5.41) is 10.5. The van der Waals surface area contributed by atoms with Gasteiger partial charge in [-0.25, -0.2) is 9.98 Å². The van der Waals surface area contributed by atoms with E-state index in [4.69, 9.17) is 9.73 Å². The molecule has 1 aromatic rings. The van der Waals surface area contributed by atoms with Gasteiger partial charge in [0.25, 0.3) is 5.91 Å². The van der Waals surface area contributed by atoms with Crippen LogP contribution in [0.2, 0.25) is 0 Å². The van der Waals surface area contributed by atoms with Crippen molar-refractivity contribution in [3.8, 4) is 5.75 Å². The van der Waals surface area contributed by atoms with Crippen LogP contribution in [-0.2, 0) is 4.79 Å². The zero-order valence-electron chi connectivity index (χ0n) is 22.5. The molecule has 0 bridgehead atoms. The number of aliphatic hydroxyl groups is 1. The molecule has 0 aliphatic carbocycles. The molecular formula is C27H39BN4O3S. The molecule has 3 rings (SSSR count). The smallest absolute Gasteiger partial charge is 0.251 e. The van der Waals surface area contributed by atoms with Crippen molar-refractivity contribution < 1.29 is 14.6 Å². The van der Waals surface area contributed by atoms with E-state index in [1.54, 1.807) is 22.9 Å². The molecule has 1 aromatic carbocycles. The van der Waals surface area contributed by atoms with Crippen molar-refractivity contribution in [2.75, 3.05) is 26.2 Å². The molecule has 194 valence electrons. The molecule has 1 saturated heterocycles. The average molecular weight is 511 g/mol. The van der Waals surface area contributed by atoms with E-state index < -0.39 is 6.10 Å². The van der Waals surface area contributed by atoms with Crippen LogP contribution in [0.25, 0.3) is 0 Å². The molecular weight excluding hydrogens is 471 g/mol. The lowest BCUT2D eigenvalue weighted by atomic mass is 9.93. The van der Waals surface area contributed by atoms with Gasteiger partial charge in [0.15, 0.2) is 11.0 Å². The molecule has 1 N–H and O–H groups in total. The number of piperidine rings is 1. The minimum absolute atomic E-state index is 0.173. The Hall–Kier alpha value is -2.52. The SMILES string of the molecule is Bc1cc(OCC)c(C)cc1SC1=NC(=C(C)C)/C(=N\C=C)N1CCC1CCN(C(=O)[C@H](C)O)CC1. The summed E-state index contributed by atoms with van der Waals surface area (Å²) in [5.74, 6) is 2.09. The van der Waals surface area contributed by atoms with Crippen LogP contribution in [0.3, 0.4) is 0 Å². The largest absolute Gasteiger partial charge is 0.494 e. The predicted molar refractivity (Wildman–Crippen MR) is 152 cm³/mol. The molecule has 9 heteroatoms. The normalized spacial score (nSPS) is 18.4. The van der Waals surface area contributed by atoms with E-state index >= 15 is 0 Å². The summed E-state index contributed by atoms with van der Waals surface area (Å²) in [6.45, 7) is 16.4. The highest BCUT2D eigenvalue weighted by Crippen LogP contribution is 2.32. The summed E-state index contributed by atoms with van der Waals surface area (Å²) in [7, 11) is 2.10. The number of likely N-dealkylation sites (tertiary alicyclic amines) is 1. The van der Waals surface area contributed by atoms with Gasteiger partial charge in [0.05, 0.1) is 6.61 Å². The Kier molecular flexibility index (Phi) is 9.85. The van der Waals surface area contributed by atoms with Gasteiger partial charge < -0.3 is 19.6 Å². The Morgan fingerprint density at radius 2 is 2.08 bits per heavy atom. The topological polar surface area (TPSA) is 77.7 Å². The summed E-state index contributed by atoms with van der Waals surface area (Å²) in [6, 6.07) is 4.27. The second-order valence-corrected chi connectivity index (χ2v) is 10.7. The van der Waals surface area contributed by atoms with Gasteiger partial charge in [0.1, 0.15) is 25.4 Å². The molecule has 0 aromatic heterocycles. The first-order chi connectivity index (χ1) is 17.2. The molecule has 2 aliphatic heterocycles. The zero-order chi connectivity index (χ0) is 26.4. The van der Waals surface area contributed by atoms with Gasteiger partial charge in [-0.05, 0) is 83.1 Å². The van der Waals surface area contributed by atoms with Crippen LogP contribution in [0.5, 0.6) is 5.75 Å². The number of amides is 1. The van der Waals surface area contributed by atoms with Crippen molar-refractivity contribution in [1.82, 2.24) is 9.80 Å². The van der Waals surface area contributed by atoms with E-state index in [0.29, 0.717) is 25.6 Å². The number of carbonyl (C=O) groups excluding carboxylic acids is 1. The Morgan fingerprint density at radius 3 is 2.67 bits per heavy atom. The van der Waals surface area contributed by atoms with E-state index in [-0.39, 0.29) is 5.91 Å². The van der Waals surface area contributed by atoms with Crippen LogP contribution < -0.4 is 10.2 Å². The van der Waals surface area contributed by atoms with E-state index in [2.05, 4.69) is 57.2 Å². The Balaban J connectivity index is 1.78. The number of benzene rings is 1. The van der Waals surface area contributed by atoms with Gasteiger partial charge >= 0.3 is 0 Å². The highest BCUT2D eigenvalue weighted by molar-refractivity contribution is 8.14. The number of thioether (sulfide) groups is 1. The maximum atomic E-state index is 12.1. The Bertz CT molecular complexity index is 1070. The minimum Gasteiger partial charge on any atom is -0.494 e. The fraction of sp³-hybridized carbons (Fsp3) is 0.519. The molecule has 1 fully saturated rings. The van der Waals surface area contributed by atoms with E-state index in [1.807, 2.05) is 6.92 Å². The highest BCUT2D eigenvalue weighted by Gasteiger charge is 2.31. The second-order valence-electron chi connectivity index (χ2n) is 9.68. The minimum atomic E-state index is -0.934. The molecule has 1 atom stereocenters. The monoisotopic (exact) mass is 510 g/mol. The van der Waals surface area contributed by atoms with Gasteiger partial charge in [0, 0.05) is 30.7 Å². The first-order valence-corrected chi connectivity index (χ1v) is 13.6. The molecule has 0 saturated carbocycles. The van der Waals surface area contributed by atoms with Crippen LogP contribution >= 0.6 is 11.8 Å². The van der Waals surface area contributed by atoms with Gasteiger partial charge in [0.2, 0.25) is 0 Å². The van der Waals surface area contributed by atoms with Gasteiger partial charge in [-0.1, -0.05) is 23.8 Å². The number of aryl methyl sites for hydroxylation is 1. The van der Waals surface area contributed by atoms with E-state index in [9.17, 15) is 9.90 Å². The number of nitrogens with zero attached hydrogens (tertiary/aromatic N) is 4. The molecule has 2 aliphatic rings. The third-order valence-electron chi connectivity index (χ3n) is 6.61. The third kappa shape index (κ3) is 6.62. The maximum Gasteiger partial charge on any atom is 0.251 e. The highest BCUT2D eigenvalue weighted by atomic mass is 32.2. The number of hydrogen-bond acceptors (Lipinski definition) is 6. The number of aliphatic imine (C=N–C) groups is 2. The van der Waals surface area contributed by atoms with E-state index in [0.717, 1.165) is 69.8 Å². The van der Waals surface area contributed by atoms with Crippen molar-refractivity contribution >= 4 is 42.0 Å². The fourth-order valence-corrected chi connectivity index (χ4v) is 5.63. The molecule has 36 heavy (non-hydrogen) atoms. The first-order valence-electron chi connectivity index (χ1n) is 12.8. The number of allylic oxidation sites excluding steroid dienone is 1. The molecule has 0 radical (unpaired) electrons. The standard InChI is InChI=1S/C27H39BN4O3S/c1-7-29-25-24(17(3)4)30-27(36-23-15-18(5)22(35-8-2)16-21(23)28)32(25)14-11-20-9-12-31(13-10-20)26(34)19(6)33/h7,15-16,19-20,33H,1,8-14,28H2,2-6H3/b29-25+/t19-/m0/s1. The second kappa shape index (κ2) is 12.6. The van der Waals surface area contributed by atoms with Crippen molar-refractivity contribution in [2.24, 2.45) is 15.9 Å². The lowest BCUT2D eigenvalue weighted by Gasteiger charge is -2.33. The van der Waals surface area contributed by atoms with E-state index in [1.165, 1.54) is 6.92 Å². The number of carbonyl (C=O) groups is 1. The van der Waals surface area contributed by atoms with Gasteiger partial charge in [-0.15, -0.1) is 0 Å². The first kappa shape index (κ1) is 28.1. The number of hydrogen-bond donors (Lipinski definition) is 1. The Morgan fingerprint density at radius 1 is 1.39 bits per heavy atom. The lowest BCUT2D eigenvalue weighted by Crippen LogP contribution is -2.43. The van der Waals surface area contributed by atoms with Gasteiger partial charge in [-0.3, -0.25) is 4.79 Å². The zero-order valence-corrected chi connectivity index (χ0v) is 23.3. The van der Waals surface area contributed by atoms with Crippen LogP contribution in [0.4, 0.5) is 0 Å². The fourth-order valence-electron chi connectivity index (χ4n) is 4.56. The van der Waals surface area contributed by atoms with Crippen molar-refractivity contribution in [3.05, 3.63) is 41.7 Å². The van der Waals surface area contributed by atoms with Crippen LogP contribution in [0, 0.1) is 12.8 Å². The van der Waals surface area contributed by atoms with Gasteiger partial charge in [-0.2, -0.15) is 0 Å². The summed E-state index contributed by atoms with van der Waals surface area (Å²) >= 11 is 1.66. The van der Waals surface area contributed by atoms with Crippen LogP contribution in [-0.4, -0.2) is 72.0 Å².